The van der Waals surface area contributed by atoms with Gasteiger partial charge in [0, 0.05) is 0 Å². The van der Waals surface area contributed by atoms with Crippen LogP contribution in [0.1, 0.15) is 115 Å². The average molecular weight is 408 g/mol. The van der Waals surface area contributed by atoms with Crippen molar-refractivity contribution in [3.8, 4) is 0 Å². The van der Waals surface area contributed by atoms with Crippen LogP contribution in [-0.2, 0) is 11.8 Å². The van der Waals surface area contributed by atoms with Gasteiger partial charge in [0.05, 0.1) is 0 Å². The molecule has 168 valence electrons. The Bertz CT molecular complexity index is 682. The van der Waals surface area contributed by atoms with Crippen LogP contribution in [-0.4, -0.2) is 0 Å². The maximum absolute atomic E-state index is 4.47. The van der Waals surface area contributed by atoms with E-state index in [1.807, 2.05) is 0 Å². The molecule has 3 saturated carbocycles. The summed E-state index contributed by atoms with van der Waals surface area (Å²) < 4.78 is 0. The topological polar surface area (TPSA) is 0 Å². The second kappa shape index (κ2) is 9.30. The molecule has 2 bridgehead atoms. The molecule has 5 unspecified atom stereocenters. The van der Waals surface area contributed by atoms with Crippen LogP contribution in [0.3, 0.4) is 0 Å². The molecule has 4 rings (SSSR count). The Morgan fingerprint density at radius 1 is 1.00 bits per heavy atom. The number of hydrogen-bond acceptors (Lipinski definition) is 0. The minimum Gasteiger partial charge on any atom is -0.198 e. The van der Waals surface area contributed by atoms with E-state index in [4.69, 9.17) is 0 Å². The predicted molar refractivity (Wildman–Crippen MR) is 131 cm³/mol. The first-order valence-electron chi connectivity index (χ1n) is 13.3. The molecule has 0 heterocycles. The number of aryl methyl sites for hydroxylation is 1. The lowest BCUT2D eigenvalue weighted by Crippen LogP contribution is -2.39. The van der Waals surface area contributed by atoms with Gasteiger partial charge in [-0.25, -0.2) is 0 Å². The summed E-state index contributed by atoms with van der Waals surface area (Å²) >= 11 is 0. The highest BCUT2D eigenvalue weighted by Gasteiger charge is 2.40. The summed E-state index contributed by atoms with van der Waals surface area (Å²) in [4.78, 5) is 0. The van der Waals surface area contributed by atoms with Gasteiger partial charge >= 0.3 is 0 Å². The Morgan fingerprint density at radius 3 is 2.43 bits per heavy atom. The van der Waals surface area contributed by atoms with E-state index >= 15 is 0 Å². The van der Waals surface area contributed by atoms with E-state index < -0.39 is 0 Å². The molecule has 0 N–H and O–H groups in total. The molecule has 0 heteroatoms. The first-order valence-corrected chi connectivity index (χ1v) is 13.3. The molecule has 3 aliphatic carbocycles. The monoisotopic (exact) mass is 407 g/mol. The summed E-state index contributed by atoms with van der Waals surface area (Å²) in [5, 5.41) is 0. The van der Waals surface area contributed by atoms with Crippen molar-refractivity contribution in [1.29, 1.82) is 0 Å². The molecule has 5 atom stereocenters. The Hall–Kier alpha value is -0.910. The van der Waals surface area contributed by atoms with Gasteiger partial charge in [0.2, 0.25) is 0 Å². The Balaban J connectivity index is 1.38. The molecule has 0 nitrogen and oxygen atoms in total. The van der Waals surface area contributed by atoms with Crippen LogP contribution >= 0.6 is 0 Å². The molecule has 3 fully saturated rings. The quantitative estimate of drug-likeness (QED) is 0.413. The average Bonchev–Trinajstić information content (AvgIpc) is 2.66. The molecular formula is C30H47-. The number of fused-ring (bicyclic) bond motifs is 2. The molecule has 1 aromatic rings. The zero-order valence-electron chi connectivity index (χ0n) is 20.4. The molecule has 0 amide bonds. The smallest absolute Gasteiger partial charge is 0.0297 e. The second-order valence-electron chi connectivity index (χ2n) is 12.5. The van der Waals surface area contributed by atoms with E-state index in [1.54, 1.807) is 11.1 Å². The third kappa shape index (κ3) is 5.28. The van der Waals surface area contributed by atoms with Gasteiger partial charge in [-0.1, -0.05) is 70.8 Å². The summed E-state index contributed by atoms with van der Waals surface area (Å²) in [7, 11) is 0. The lowest BCUT2D eigenvalue weighted by molar-refractivity contribution is 0.0897. The first kappa shape index (κ1) is 22.3. The van der Waals surface area contributed by atoms with Crippen LogP contribution in [0.15, 0.2) is 18.2 Å². The Labute approximate surface area is 187 Å². The lowest BCUT2D eigenvalue weighted by Gasteiger charge is -2.50. The van der Waals surface area contributed by atoms with E-state index in [2.05, 4.69) is 52.8 Å². The second-order valence-corrected chi connectivity index (χ2v) is 12.5. The molecule has 0 spiro atoms. The van der Waals surface area contributed by atoms with Gasteiger partial charge < -0.3 is 0 Å². The van der Waals surface area contributed by atoms with Crippen molar-refractivity contribution in [3.63, 3.8) is 0 Å². The number of rotatable bonds is 6. The number of benzene rings is 1. The summed E-state index contributed by atoms with van der Waals surface area (Å²) in [5.74, 6) is 5.63. The molecule has 0 aliphatic heterocycles. The zero-order valence-corrected chi connectivity index (χ0v) is 20.4. The van der Waals surface area contributed by atoms with Crippen molar-refractivity contribution in [3.05, 3.63) is 41.8 Å². The van der Waals surface area contributed by atoms with Gasteiger partial charge in [-0.3, -0.25) is 0 Å². The van der Waals surface area contributed by atoms with Crippen LogP contribution < -0.4 is 0 Å². The highest BCUT2D eigenvalue weighted by atomic mass is 14.5. The summed E-state index contributed by atoms with van der Waals surface area (Å²) in [5.41, 5.74) is 4.79. The van der Waals surface area contributed by atoms with Gasteiger partial charge in [-0.2, -0.15) is 18.6 Å². The fraction of sp³-hybridized carbons (Fsp3) is 0.767. The van der Waals surface area contributed by atoms with Gasteiger partial charge in [0.25, 0.3) is 0 Å². The maximum atomic E-state index is 4.47. The van der Waals surface area contributed by atoms with Gasteiger partial charge in [0.1, 0.15) is 0 Å². The third-order valence-electron chi connectivity index (χ3n) is 9.15. The molecule has 1 aromatic carbocycles. The zero-order chi connectivity index (χ0) is 21.3. The minimum absolute atomic E-state index is 0.352. The fourth-order valence-corrected chi connectivity index (χ4v) is 8.02. The van der Waals surface area contributed by atoms with Crippen molar-refractivity contribution in [2.45, 2.75) is 110 Å². The van der Waals surface area contributed by atoms with Crippen molar-refractivity contribution in [1.82, 2.24) is 0 Å². The molecule has 0 aromatic heterocycles. The summed E-state index contributed by atoms with van der Waals surface area (Å²) in [6.07, 6.45) is 17.1. The van der Waals surface area contributed by atoms with E-state index in [0.717, 1.165) is 35.5 Å². The molecule has 0 radical (unpaired) electrons. The van der Waals surface area contributed by atoms with Crippen LogP contribution in [0.5, 0.6) is 0 Å². The SMILES string of the molecule is [CH2-]c1ccc(CCC(C)CC2CCCC(C)C2)cc1C1(C)CC2CC(C)CC(C2)C1. The van der Waals surface area contributed by atoms with Crippen molar-refractivity contribution in [2.24, 2.45) is 35.5 Å². The van der Waals surface area contributed by atoms with Gasteiger partial charge in [-0.15, -0.1) is 17.7 Å². The standard InChI is InChI=1S/C30H47/c1-21-7-6-8-26(13-21)14-22(2)9-11-25-12-10-24(4)29(18-25)30(5)19-27-15-23(3)16-28(17-27)20-30/h10,12,18,21-23,26-28H,4,6-9,11,13-17,19-20H2,1-3,5H3/q-1. The molecule has 30 heavy (non-hydrogen) atoms. The summed E-state index contributed by atoms with van der Waals surface area (Å²) in [6, 6.07) is 7.27. The maximum Gasteiger partial charge on any atom is -0.0297 e. The summed E-state index contributed by atoms with van der Waals surface area (Å²) in [6.45, 7) is 14.5. The largest absolute Gasteiger partial charge is 0.198 e. The van der Waals surface area contributed by atoms with Crippen molar-refractivity contribution < 1.29 is 0 Å². The van der Waals surface area contributed by atoms with Crippen LogP contribution in [0.4, 0.5) is 0 Å². The van der Waals surface area contributed by atoms with Crippen molar-refractivity contribution >= 4 is 0 Å². The molecule has 0 saturated heterocycles. The highest BCUT2D eigenvalue weighted by Crippen LogP contribution is 2.52. The number of hydrogen-bond donors (Lipinski definition) is 0. The normalized spacial score (nSPS) is 37.7. The van der Waals surface area contributed by atoms with Gasteiger partial charge in [-0.05, 0) is 80.5 Å². The molecular weight excluding hydrogens is 360 g/mol. The first-order chi connectivity index (χ1) is 14.3. The van der Waals surface area contributed by atoms with Gasteiger partial charge in [0.15, 0.2) is 0 Å². The Kier molecular flexibility index (Phi) is 6.91. The van der Waals surface area contributed by atoms with Crippen LogP contribution in [0.2, 0.25) is 0 Å². The third-order valence-corrected chi connectivity index (χ3v) is 9.15. The molecule has 3 aliphatic rings. The van der Waals surface area contributed by atoms with E-state index in [1.165, 1.54) is 82.6 Å². The highest BCUT2D eigenvalue weighted by molar-refractivity contribution is 5.40. The van der Waals surface area contributed by atoms with Crippen LogP contribution in [0.25, 0.3) is 0 Å². The minimum atomic E-state index is 0.352. The fourth-order valence-electron chi connectivity index (χ4n) is 8.02. The Morgan fingerprint density at radius 2 is 1.73 bits per heavy atom. The van der Waals surface area contributed by atoms with E-state index in [9.17, 15) is 0 Å². The van der Waals surface area contributed by atoms with E-state index in [-0.39, 0.29) is 0 Å². The predicted octanol–water partition coefficient (Wildman–Crippen LogP) is 8.76. The van der Waals surface area contributed by atoms with Crippen molar-refractivity contribution in [2.75, 3.05) is 0 Å². The van der Waals surface area contributed by atoms with E-state index in [0.29, 0.717) is 5.41 Å². The van der Waals surface area contributed by atoms with Crippen LogP contribution in [0, 0.1) is 42.4 Å². The lowest BCUT2D eigenvalue weighted by atomic mass is 9.57.